The normalized spacial score (nSPS) is 17.6. The molecule has 0 aromatic heterocycles. The highest BCUT2D eigenvalue weighted by atomic mass is 16.5. The van der Waals surface area contributed by atoms with Crippen LogP contribution in [-0.2, 0) is 16.0 Å². The fraction of sp³-hybridized carbons (Fsp3) is 0.611. The highest BCUT2D eigenvalue weighted by Crippen LogP contribution is 2.41. The second-order valence-electron chi connectivity index (χ2n) is 5.90. The molecule has 110 valence electrons. The van der Waals surface area contributed by atoms with Crippen LogP contribution in [0.5, 0.6) is 0 Å². The lowest BCUT2D eigenvalue weighted by Crippen LogP contribution is -2.35. The standard InChI is InChI=1S/C18H26O2/c1-2-20-17(19)18(13-7-4-8-14-18)15-9-12-16-10-5-3-6-11-16/h3,5-6,10-11H,2,4,7-9,12-15H2,1H3. The average molecular weight is 274 g/mol. The minimum absolute atomic E-state index is 0.0489. The summed E-state index contributed by atoms with van der Waals surface area (Å²) in [7, 11) is 0. The second-order valence-corrected chi connectivity index (χ2v) is 5.90. The minimum Gasteiger partial charge on any atom is -0.466 e. The highest BCUT2D eigenvalue weighted by molar-refractivity contribution is 5.76. The zero-order chi connectivity index (χ0) is 14.3. The average Bonchev–Trinajstić information content (AvgIpc) is 2.49. The van der Waals surface area contributed by atoms with Crippen molar-refractivity contribution >= 4 is 5.97 Å². The number of hydrogen-bond donors (Lipinski definition) is 0. The molecule has 1 saturated carbocycles. The molecule has 1 aliphatic rings. The van der Waals surface area contributed by atoms with E-state index >= 15 is 0 Å². The van der Waals surface area contributed by atoms with Crippen molar-refractivity contribution in [3.8, 4) is 0 Å². The van der Waals surface area contributed by atoms with E-state index < -0.39 is 0 Å². The van der Waals surface area contributed by atoms with Gasteiger partial charge in [0.2, 0.25) is 0 Å². The first-order valence-electron chi connectivity index (χ1n) is 7.98. The number of esters is 1. The summed E-state index contributed by atoms with van der Waals surface area (Å²) in [4.78, 5) is 12.3. The van der Waals surface area contributed by atoms with Gasteiger partial charge < -0.3 is 4.74 Å². The Kier molecular flexibility index (Phi) is 5.63. The molecule has 0 spiro atoms. The van der Waals surface area contributed by atoms with E-state index in [-0.39, 0.29) is 11.4 Å². The van der Waals surface area contributed by atoms with E-state index in [0.29, 0.717) is 6.61 Å². The monoisotopic (exact) mass is 274 g/mol. The lowest BCUT2D eigenvalue weighted by atomic mass is 9.71. The number of hydrogen-bond acceptors (Lipinski definition) is 2. The molecule has 1 aliphatic carbocycles. The molecule has 20 heavy (non-hydrogen) atoms. The predicted molar refractivity (Wildman–Crippen MR) is 81.5 cm³/mol. The molecule has 2 rings (SSSR count). The van der Waals surface area contributed by atoms with Crippen molar-refractivity contribution in [3.63, 3.8) is 0 Å². The molecule has 0 amide bonds. The molecule has 0 N–H and O–H groups in total. The van der Waals surface area contributed by atoms with Crippen molar-refractivity contribution in [2.24, 2.45) is 5.41 Å². The van der Waals surface area contributed by atoms with Gasteiger partial charge in [-0.3, -0.25) is 4.79 Å². The Bertz CT molecular complexity index is 405. The number of carbonyl (C=O) groups excluding carboxylic acids is 1. The zero-order valence-corrected chi connectivity index (χ0v) is 12.6. The second kappa shape index (κ2) is 7.47. The Balaban J connectivity index is 1.92. The smallest absolute Gasteiger partial charge is 0.312 e. The zero-order valence-electron chi connectivity index (χ0n) is 12.6. The summed E-state index contributed by atoms with van der Waals surface area (Å²) < 4.78 is 5.35. The molecule has 0 radical (unpaired) electrons. The molecule has 0 saturated heterocycles. The van der Waals surface area contributed by atoms with Gasteiger partial charge in [-0.1, -0.05) is 49.6 Å². The van der Waals surface area contributed by atoms with Crippen LogP contribution in [0.3, 0.4) is 0 Å². The number of aryl methyl sites for hydroxylation is 1. The minimum atomic E-state index is -0.191. The molecule has 2 heteroatoms. The fourth-order valence-electron chi connectivity index (χ4n) is 3.34. The fourth-order valence-corrected chi connectivity index (χ4v) is 3.34. The van der Waals surface area contributed by atoms with E-state index in [0.717, 1.165) is 32.1 Å². The molecule has 1 fully saturated rings. The van der Waals surface area contributed by atoms with Crippen molar-refractivity contribution in [1.82, 2.24) is 0 Å². The van der Waals surface area contributed by atoms with Gasteiger partial charge in [-0.05, 0) is 44.6 Å². The van der Waals surface area contributed by atoms with Gasteiger partial charge in [0.05, 0.1) is 12.0 Å². The third-order valence-electron chi connectivity index (χ3n) is 4.48. The van der Waals surface area contributed by atoms with Gasteiger partial charge in [0.15, 0.2) is 0 Å². The Morgan fingerprint density at radius 2 is 1.85 bits per heavy atom. The number of carbonyl (C=O) groups is 1. The molecule has 0 unspecified atom stereocenters. The van der Waals surface area contributed by atoms with Crippen LogP contribution in [0, 0.1) is 5.41 Å². The molecule has 0 aliphatic heterocycles. The maximum atomic E-state index is 12.3. The van der Waals surface area contributed by atoms with E-state index in [1.165, 1.54) is 24.8 Å². The summed E-state index contributed by atoms with van der Waals surface area (Å²) in [6.07, 6.45) is 8.74. The van der Waals surface area contributed by atoms with Crippen LogP contribution in [0.25, 0.3) is 0 Å². The van der Waals surface area contributed by atoms with E-state index in [1.54, 1.807) is 0 Å². The van der Waals surface area contributed by atoms with Crippen LogP contribution in [0.15, 0.2) is 30.3 Å². The molecule has 2 nitrogen and oxygen atoms in total. The van der Waals surface area contributed by atoms with Crippen LogP contribution in [0.2, 0.25) is 0 Å². The van der Waals surface area contributed by atoms with Crippen molar-refractivity contribution < 1.29 is 9.53 Å². The van der Waals surface area contributed by atoms with Gasteiger partial charge in [-0.25, -0.2) is 0 Å². The van der Waals surface area contributed by atoms with Crippen molar-refractivity contribution in [1.29, 1.82) is 0 Å². The summed E-state index contributed by atoms with van der Waals surface area (Å²) in [6, 6.07) is 10.5. The van der Waals surface area contributed by atoms with E-state index in [1.807, 2.05) is 13.0 Å². The maximum absolute atomic E-state index is 12.3. The maximum Gasteiger partial charge on any atom is 0.312 e. The number of benzene rings is 1. The molecular formula is C18H26O2. The van der Waals surface area contributed by atoms with Crippen LogP contribution < -0.4 is 0 Å². The van der Waals surface area contributed by atoms with Gasteiger partial charge in [0.25, 0.3) is 0 Å². The molecule has 0 bridgehead atoms. The Hall–Kier alpha value is -1.31. The molecular weight excluding hydrogens is 248 g/mol. The van der Waals surface area contributed by atoms with Crippen molar-refractivity contribution in [2.45, 2.75) is 58.3 Å². The molecule has 0 heterocycles. The van der Waals surface area contributed by atoms with E-state index in [2.05, 4.69) is 24.3 Å². The summed E-state index contributed by atoms with van der Waals surface area (Å²) in [5.74, 6) is 0.0489. The van der Waals surface area contributed by atoms with Crippen LogP contribution in [0.1, 0.15) is 57.4 Å². The lowest BCUT2D eigenvalue weighted by molar-refractivity contribution is -0.158. The number of rotatable bonds is 6. The molecule has 1 aromatic carbocycles. The highest BCUT2D eigenvalue weighted by Gasteiger charge is 2.40. The third kappa shape index (κ3) is 3.84. The summed E-state index contributed by atoms with van der Waals surface area (Å²) in [6.45, 7) is 2.40. The summed E-state index contributed by atoms with van der Waals surface area (Å²) >= 11 is 0. The lowest BCUT2D eigenvalue weighted by Gasteiger charge is -2.35. The Labute approximate surface area is 122 Å². The van der Waals surface area contributed by atoms with Gasteiger partial charge >= 0.3 is 5.97 Å². The molecule has 1 aromatic rings. The largest absolute Gasteiger partial charge is 0.466 e. The first-order chi connectivity index (χ1) is 9.77. The first kappa shape index (κ1) is 15.1. The van der Waals surface area contributed by atoms with Crippen LogP contribution in [-0.4, -0.2) is 12.6 Å². The van der Waals surface area contributed by atoms with Crippen molar-refractivity contribution in [3.05, 3.63) is 35.9 Å². The van der Waals surface area contributed by atoms with Crippen molar-refractivity contribution in [2.75, 3.05) is 6.61 Å². The van der Waals surface area contributed by atoms with Gasteiger partial charge in [0.1, 0.15) is 0 Å². The predicted octanol–water partition coefficient (Wildman–Crippen LogP) is 4.52. The number of ether oxygens (including phenoxy) is 1. The quantitative estimate of drug-likeness (QED) is 0.713. The first-order valence-corrected chi connectivity index (χ1v) is 7.98. The SMILES string of the molecule is CCOC(=O)C1(CCCc2ccccc2)CCCCC1. The Morgan fingerprint density at radius 1 is 1.15 bits per heavy atom. The topological polar surface area (TPSA) is 26.3 Å². The van der Waals surface area contributed by atoms with Crippen LogP contribution >= 0.6 is 0 Å². The van der Waals surface area contributed by atoms with E-state index in [9.17, 15) is 4.79 Å². The Morgan fingerprint density at radius 3 is 2.50 bits per heavy atom. The summed E-state index contributed by atoms with van der Waals surface area (Å²) in [5.41, 5.74) is 1.17. The van der Waals surface area contributed by atoms with E-state index in [4.69, 9.17) is 4.74 Å². The van der Waals surface area contributed by atoms with Gasteiger partial charge in [-0.2, -0.15) is 0 Å². The third-order valence-corrected chi connectivity index (χ3v) is 4.48. The molecule has 0 atom stereocenters. The van der Waals surface area contributed by atoms with Gasteiger partial charge in [-0.15, -0.1) is 0 Å². The van der Waals surface area contributed by atoms with Crippen LogP contribution in [0.4, 0.5) is 0 Å². The van der Waals surface area contributed by atoms with Gasteiger partial charge in [0, 0.05) is 0 Å². The summed E-state index contributed by atoms with van der Waals surface area (Å²) in [5, 5.41) is 0.